The maximum Gasteiger partial charge on any atom is 0.334 e. The number of hydrogen-bond acceptors (Lipinski definition) is 7. The van der Waals surface area contributed by atoms with Gasteiger partial charge in [0, 0.05) is 47.8 Å². The van der Waals surface area contributed by atoms with E-state index in [4.69, 9.17) is 21.1 Å². The molecule has 0 spiro atoms. The van der Waals surface area contributed by atoms with Gasteiger partial charge in [-0.2, -0.15) is 0 Å². The summed E-state index contributed by atoms with van der Waals surface area (Å²) >= 11 is 5.97. The molecule has 1 N–H and O–H groups in total. The Bertz CT molecular complexity index is 907. The van der Waals surface area contributed by atoms with E-state index in [1.165, 1.54) is 6.08 Å². The first-order chi connectivity index (χ1) is 14.4. The zero-order chi connectivity index (χ0) is 21.8. The molecular weight excluding hydrogens is 408 g/mol. The van der Waals surface area contributed by atoms with E-state index in [0.717, 1.165) is 0 Å². The molecule has 1 fully saturated rings. The van der Waals surface area contributed by atoms with Gasteiger partial charge < -0.3 is 19.7 Å². The van der Waals surface area contributed by atoms with Crippen LogP contribution in [0.25, 0.3) is 0 Å². The number of nitrogens with zero attached hydrogens (tertiary/aromatic N) is 1. The largest absolute Gasteiger partial charge is 0.466 e. The lowest BCUT2D eigenvalue weighted by Crippen LogP contribution is -2.41. The van der Waals surface area contributed by atoms with Crippen LogP contribution in [-0.4, -0.2) is 56.0 Å². The number of carbonyl (C=O) groups is 3. The fourth-order valence-corrected chi connectivity index (χ4v) is 3.82. The van der Waals surface area contributed by atoms with Crippen molar-refractivity contribution in [2.75, 3.05) is 33.4 Å². The molecule has 2 aliphatic rings. The maximum atomic E-state index is 13.6. The Balaban J connectivity index is 2.09. The second kappa shape index (κ2) is 9.34. The highest BCUT2D eigenvalue weighted by molar-refractivity contribution is 6.30. The number of benzene rings is 1. The second-order valence-corrected chi connectivity index (χ2v) is 7.48. The van der Waals surface area contributed by atoms with Gasteiger partial charge >= 0.3 is 11.9 Å². The lowest BCUT2D eigenvalue weighted by atomic mass is 9.68. The van der Waals surface area contributed by atoms with E-state index in [2.05, 4.69) is 5.32 Å². The number of likely N-dealkylation sites (N-methyl/N-ethyl adjacent to an activating group) is 1. The molecule has 2 atom stereocenters. The normalized spacial score (nSPS) is 21.9. The zero-order valence-corrected chi connectivity index (χ0v) is 18.0. The van der Waals surface area contributed by atoms with Gasteiger partial charge in [-0.3, -0.25) is 9.59 Å². The zero-order valence-electron chi connectivity index (χ0n) is 17.2. The smallest absolute Gasteiger partial charge is 0.334 e. The highest BCUT2D eigenvalue weighted by Gasteiger charge is 2.48. The number of hydrogen-bond donors (Lipinski definition) is 1. The van der Waals surface area contributed by atoms with Crippen LogP contribution in [0.1, 0.15) is 24.2 Å². The van der Waals surface area contributed by atoms with E-state index in [0.29, 0.717) is 40.6 Å². The van der Waals surface area contributed by atoms with Crippen molar-refractivity contribution in [3.63, 3.8) is 0 Å². The van der Waals surface area contributed by atoms with Crippen molar-refractivity contribution in [2.45, 2.75) is 13.8 Å². The van der Waals surface area contributed by atoms with Gasteiger partial charge in [0.2, 0.25) is 0 Å². The molecule has 1 heterocycles. The van der Waals surface area contributed by atoms with Gasteiger partial charge in [0.1, 0.15) is 5.82 Å². The van der Waals surface area contributed by atoms with Crippen LogP contribution in [0.5, 0.6) is 0 Å². The van der Waals surface area contributed by atoms with Crippen LogP contribution in [0.15, 0.2) is 47.3 Å². The van der Waals surface area contributed by atoms with Crippen molar-refractivity contribution >= 4 is 29.3 Å². The predicted molar refractivity (Wildman–Crippen MR) is 112 cm³/mol. The molecule has 1 aliphatic carbocycles. The first kappa shape index (κ1) is 21.9. The third-order valence-corrected chi connectivity index (χ3v) is 5.41. The van der Waals surface area contributed by atoms with Gasteiger partial charge in [0.25, 0.3) is 0 Å². The minimum atomic E-state index is -0.755. The molecule has 3 rings (SSSR count). The summed E-state index contributed by atoms with van der Waals surface area (Å²) in [6, 6.07) is 6.53. The first-order valence-electron chi connectivity index (χ1n) is 9.93. The Morgan fingerprint density at radius 2 is 1.80 bits per heavy atom. The van der Waals surface area contributed by atoms with Crippen LogP contribution in [0.4, 0.5) is 0 Å². The van der Waals surface area contributed by atoms with Crippen LogP contribution < -0.4 is 5.32 Å². The molecule has 0 amide bonds. The number of rotatable bonds is 7. The van der Waals surface area contributed by atoms with Gasteiger partial charge in [-0.15, -0.1) is 0 Å². The Labute approximate surface area is 180 Å². The van der Waals surface area contributed by atoms with Crippen molar-refractivity contribution < 1.29 is 23.9 Å². The monoisotopic (exact) mass is 432 g/mol. The summed E-state index contributed by atoms with van der Waals surface area (Å²) in [5.74, 6) is -2.18. The fourth-order valence-electron chi connectivity index (χ4n) is 3.70. The quantitative estimate of drug-likeness (QED) is 0.402. The lowest BCUT2D eigenvalue weighted by Gasteiger charge is -2.36. The fraction of sp³-hybridized carbons (Fsp3) is 0.409. The number of allylic oxidation sites excluding steroid dienone is 1. The topological polar surface area (TPSA) is 84.9 Å². The number of nitrogens with one attached hydrogen (secondary N) is 1. The van der Waals surface area contributed by atoms with E-state index in [-0.39, 0.29) is 19.0 Å². The molecule has 0 unspecified atom stereocenters. The molecule has 0 radical (unpaired) electrons. The number of esters is 2. The van der Waals surface area contributed by atoms with Gasteiger partial charge in [0.05, 0.1) is 19.1 Å². The molecule has 7 nitrogen and oxygen atoms in total. The molecule has 1 aromatic carbocycles. The van der Waals surface area contributed by atoms with Gasteiger partial charge in [-0.25, -0.2) is 4.79 Å². The summed E-state index contributed by atoms with van der Waals surface area (Å²) in [5.41, 5.74) is 1.06. The average Bonchev–Trinajstić information content (AvgIpc) is 3.11. The summed E-state index contributed by atoms with van der Waals surface area (Å²) in [7, 11) is 1.86. The van der Waals surface area contributed by atoms with Crippen molar-refractivity contribution in [1.82, 2.24) is 10.2 Å². The average molecular weight is 433 g/mol. The van der Waals surface area contributed by atoms with Crippen molar-refractivity contribution in [3.05, 3.63) is 57.9 Å². The summed E-state index contributed by atoms with van der Waals surface area (Å²) < 4.78 is 10.3. The minimum Gasteiger partial charge on any atom is -0.466 e. The van der Waals surface area contributed by atoms with E-state index in [9.17, 15) is 14.4 Å². The Morgan fingerprint density at radius 3 is 2.37 bits per heavy atom. The highest BCUT2D eigenvalue weighted by Crippen LogP contribution is 2.43. The van der Waals surface area contributed by atoms with Crippen LogP contribution in [-0.2, 0) is 19.1 Å². The Morgan fingerprint density at radius 1 is 1.13 bits per heavy atom. The van der Waals surface area contributed by atoms with Crippen LogP contribution in [0, 0.1) is 11.8 Å². The predicted octanol–water partition coefficient (Wildman–Crippen LogP) is 2.57. The molecule has 0 saturated carbocycles. The summed E-state index contributed by atoms with van der Waals surface area (Å²) in [4.78, 5) is 40.6. The Kier molecular flexibility index (Phi) is 6.82. The van der Waals surface area contributed by atoms with Crippen molar-refractivity contribution in [2.24, 2.45) is 11.8 Å². The standard InChI is InChI=1S/C22H25ClN2O5/c1-4-29-21(27)15-12-16(22(28)30-5-2)17(15)18(20-24-10-11-25(20)3)19(26)13-6-8-14(23)9-7-13/h6-9,12,15,17,24H,4-5,10-11H2,1-3H3/b20-18+/t15-,17+/m0/s1. The summed E-state index contributed by atoms with van der Waals surface area (Å²) in [5, 5.41) is 3.74. The molecule has 160 valence electrons. The molecule has 0 bridgehead atoms. The molecule has 8 heteroatoms. The van der Waals surface area contributed by atoms with Crippen LogP contribution >= 0.6 is 11.6 Å². The molecule has 0 aromatic heterocycles. The number of ether oxygens (including phenoxy) is 2. The summed E-state index contributed by atoms with van der Waals surface area (Å²) in [6.45, 7) is 5.17. The van der Waals surface area contributed by atoms with E-state index in [1.54, 1.807) is 38.1 Å². The van der Waals surface area contributed by atoms with E-state index >= 15 is 0 Å². The molecule has 1 aliphatic heterocycles. The number of Topliss-reactive ketones (excluding diaryl/α,β-unsaturated/α-hetero) is 1. The number of ketones is 1. The first-order valence-corrected chi connectivity index (χ1v) is 10.3. The minimum absolute atomic E-state index is 0.197. The molecule has 30 heavy (non-hydrogen) atoms. The molecule has 1 saturated heterocycles. The van der Waals surface area contributed by atoms with E-state index < -0.39 is 23.8 Å². The third kappa shape index (κ3) is 4.21. The summed E-state index contributed by atoms with van der Waals surface area (Å²) in [6.07, 6.45) is 1.53. The maximum absolute atomic E-state index is 13.6. The van der Waals surface area contributed by atoms with Crippen molar-refractivity contribution in [1.29, 1.82) is 0 Å². The second-order valence-electron chi connectivity index (χ2n) is 7.04. The Hall–Kier alpha value is -2.80. The third-order valence-electron chi connectivity index (χ3n) is 5.16. The molecule has 1 aromatic rings. The van der Waals surface area contributed by atoms with Gasteiger partial charge in [0.15, 0.2) is 5.78 Å². The van der Waals surface area contributed by atoms with Gasteiger partial charge in [-0.1, -0.05) is 17.7 Å². The van der Waals surface area contributed by atoms with Crippen LogP contribution in [0.3, 0.4) is 0 Å². The SMILES string of the molecule is CCOC(=O)C1=C[C@H](C(=O)OCC)[C@H]1/C(C(=O)c1ccc(Cl)cc1)=C1/NCCN1C. The number of carbonyl (C=O) groups excluding carboxylic acids is 3. The van der Waals surface area contributed by atoms with Gasteiger partial charge in [-0.05, 0) is 38.1 Å². The van der Waals surface area contributed by atoms with Crippen molar-refractivity contribution in [3.8, 4) is 0 Å². The lowest BCUT2D eigenvalue weighted by molar-refractivity contribution is -0.149. The van der Waals surface area contributed by atoms with Crippen LogP contribution in [0.2, 0.25) is 5.02 Å². The molecular formula is C22H25ClN2O5. The van der Waals surface area contributed by atoms with E-state index in [1.807, 2.05) is 11.9 Å². The highest BCUT2D eigenvalue weighted by atomic mass is 35.5. The number of halogens is 1.